The average Bonchev–Trinajstić information content (AvgIpc) is 3.42. The minimum Gasteiger partial charge on any atom is -0.497 e. The van der Waals surface area contributed by atoms with E-state index in [9.17, 15) is 4.21 Å². The van der Waals surface area contributed by atoms with Crippen LogP contribution in [0.25, 0.3) is 0 Å². The van der Waals surface area contributed by atoms with E-state index in [0.29, 0.717) is 11.6 Å². The van der Waals surface area contributed by atoms with E-state index < -0.39 is 11.3 Å². The summed E-state index contributed by atoms with van der Waals surface area (Å²) < 4.78 is 27.9. The molecule has 2 unspecified atom stereocenters. The molecule has 0 bridgehead atoms. The molecule has 0 saturated heterocycles. The molecular formula is C25H28N4O3S3. The zero-order valence-electron chi connectivity index (χ0n) is 19.3. The maximum absolute atomic E-state index is 11.0. The van der Waals surface area contributed by atoms with Crippen LogP contribution in [-0.2, 0) is 24.1 Å². The highest BCUT2D eigenvalue weighted by atomic mass is 32.2. The molecule has 1 fully saturated rings. The van der Waals surface area contributed by atoms with Gasteiger partial charge in [-0.05, 0) is 61.1 Å². The first-order chi connectivity index (χ1) is 17.1. The molecule has 0 spiro atoms. The monoisotopic (exact) mass is 528 g/mol. The highest BCUT2D eigenvalue weighted by Crippen LogP contribution is 2.42. The number of thiazole rings is 1. The SMILES string of the molecule is COc1cccc(CC2CSC(N[C@@H](Cc3ccc(NS(=O)O)cc3)c3csc(C4CC4)n3)=N2)c1. The fourth-order valence-electron chi connectivity index (χ4n) is 4.07. The summed E-state index contributed by atoms with van der Waals surface area (Å²) in [5, 5.41) is 8.02. The van der Waals surface area contributed by atoms with Crippen molar-refractivity contribution >= 4 is 45.2 Å². The number of methoxy groups -OCH3 is 1. The van der Waals surface area contributed by atoms with Crippen LogP contribution >= 0.6 is 23.1 Å². The van der Waals surface area contributed by atoms with Crippen LogP contribution in [0.5, 0.6) is 5.75 Å². The number of nitrogens with one attached hydrogen (secondary N) is 2. The standard InChI is InChI=1S/C25H28N4O3S3/c1-32-21-4-2-3-17(12-21)11-20-14-34-25(26-20)28-22(23-15-33-24(27-23)18-7-8-18)13-16-5-9-19(10-6-16)29-35(30)31/h2-6,9-10,12,15,18,20,22,29H,7-8,11,13-14H2,1H3,(H,26,28)(H,30,31)/t20?,22-/m0/s1. The van der Waals surface area contributed by atoms with Gasteiger partial charge in [0.05, 0.1) is 29.9 Å². The molecule has 0 amide bonds. The number of hydrogen-bond donors (Lipinski definition) is 3. The topological polar surface area (TPSA) is 95.8 Å². The molecule has 10 heteroatoms. The molecule has 5 rings (SSSR count). The number of thioether (sulfide) groups is 1. The predicted octanol–water partition coefficient (Wildman–Crippen LogP) is 5.17. The number of rotatable bonds is 10. The van der Waals surface area contributed by atoms with Gasteiger partial charge in [0.1, 0.15) is 5.75 Å². The van der Waals surface area contributed by atoms with Crippen LogP contribution in [0.1, 0.15) is 46.6 Å². The second kappa shape index (κ2) is 11.1. The van der Waals surface area contributed by atoms with Crippen molar-refractivity contribution in [2.45, 2.75) is 43.7 Å². The van der Waals surface area contributed by atoms with Crippen molar-refractivity contribution in [2.24, 2.45) is 4.99 Å². The van der Waals surface area contributed by atoms with E-state index in [-0.39, 0.29) is 12.1 Å². The Labute approximate surface area is 216 Å². The lowest BCUT2D eigenvalue weighted by molar-refractivity contribution is 0.414. The van der Waals surface area contributed by atoms with Gasteiger partial charge in [0.2, 0.25) is 0 Å². The van der Waals surface area contributed by atoms with Gasteiger partial charge in [-0.2, -0.15) is 0 Å². The second-order valence-electron chi connectivity index (χ2n) is 8.79. The van der Waals surface area contributed by atoms with E-state index in [1.807, 2.05) is 36.4 Å². The Morgan fingerprint density at radius 1 is 1.20 bits per heavy atom. The summed E-state index contributed by atoms with van der Waals surface area (Å²) in [4.78, 5) is 9.94. The molecule has 3 aromatic rings. The van der Waals surface area contributed by atoms with Gasteiger partial charge >= 0.3 is 0 Å². The first-order valence-corrected chi connectivity index (χ1v) is 14.5. The smallest absolute Gasteiger partial charge is 0.259 e. The van der Waals surface area contributed by atoms with Crippen molar-refractivity contribution in [3.8, 4) is 5.75 Å². The van der Waals surface area contributed by atoms with E-state index in [4.69, 9.17) is 19.3 Å². The van der Waals surface area contributed by atoms with E-state index >= 15 is 0 Å². The third-order valence-electron chi connectivity index (χ3n) is 6.04. The molecule has 1 aliphatic carbocycles. The molecule has 184 valence electrons. The number of anilines is 1. The van der Waals surface area contributed by atoms with Crippen molar-refractivity contribution in [1.29, 1.82) is 0 Å². The van der Waals surface area contributed by atoms with Crippen molar-refractivity contribution in [1.82, 2.24) is 10.3 Å². The summed E-state index contributed by atoms with van der Waals surface area (Å²) in [6.07, 6.45) is 4.10. The number of hydrogen-bond acceptors (Lipinski definition) is 7. The maximum atomic E-state index is 11.0. The minimum absolute atomic E-state index is 0.00588. The summed E-state index contributed by atoms with van der Waals surface area (Å²) in [5.74, 6) is 2.44. The number of ether oxygens (including phenoxy) is 1. The fourth-order valence-corrected chi connectivity index (χ4v) is 6.45. The zero-order chi connectivity index (χ0) is 24.2. The van der Waals surface area contributed by atoms with Crippen LogP contribution in [0.3, 0.4) is 0 Å². The predicted molar refractivity (Wildman–Crippen MR) is 145 cm³/mol. The van der Waals surface area contributed by atoms with E-state index in [1.54, 1.807) is 30.2 Å². The first kappa shape index (κ1) is 24.3. The molecule has 0 radical (unpaired) electrons. The number of amidine groups is 1. The second-order valence-corrected chi connectivity index (χ2v) is 11.4. The van der Waals surface area contributed by atoms with Gasteiger partial charge in [-0.1, -0.05) is 36.0 Å². The third kappa shape index (κ3) is 6.63. The van der Waals surface area contributed by atoms with Crippen LogP contribution in [-0.4, -0.2) is 37.8 Å². The molecule has 3 atom stereocenters. The summed E-state index contributed by atoms with van der Waals surface area (Å²) in [5.41, 5.74) is 4.01. The number of aromatic nitrogens is 1. The molecule has 2 heterocycles. The van der Waals surface area contributed by atoms with Gasteiger partial charge in [0.25, 0.3) is 11.3 Å². The van der Waals surface area contributed by atoms with Crippen molar-refractivity contribution in [3.63, 3.8) is 0 Å². The van der Waals surface area contributed by atoms with Crippen LogP contribution in [0.2, 0.25) is 0 Å². The lowest BCUT2D eigenvalue weighted by Gasteiger charge is -2.18. The lowest BCUT2D eigenvalue weighted by Crippen LogP contribution is -2.27. The molecule has 2 aromatic carbocycles. The highest BCUT2D eigenvalue weighted by Gasteiger charge is 2.29. The molecule has 1 aliphatic heterocycles. The molecule has 35 heavy (non-hydrogen) atoms. The van der Waals surface area contributed by atoms with E-state index in [0.717, 1.165) is 40.8 Å². The van der Waals surface area contributed by atoms with Crippen LogP contribution in [0.4, 0.5) is 5.69 Å². The number of nitrogens with zero attached hydrogens (tertiary/aromatic N) is 2. The zero-order valence-corrected chi connectivity index (χ0v) is 21.8. The molecular weight excluding hydrogens is 501 g/mol. The Hall–Kier alpha value is -2.40. The highest BCUT2D eigenvalue weighted by molar-refractivity contribution is 8.14. The quantitative estimate of drug-likeness (QED) is 0.315. The van der Waals surface area contributed by atoms with Crippen molar-refractivity contribution in [2.75, 3.05) is 17.6 Å². The molecule has 3 N–H and O–H groups in total. The van der Waals surface area contributed by atoms with Crippen LogP contribution in [0.15, 0.2) is 58.9 Å². The van der Waals surface area contributed by atoms with Crippen molar-refractivity contribution < 1.29 is 13.5 Å². The fraction of sp³-hybridized carbons (Fsp3) is 0.360. The van der Waals surface area contributed by atoms with Gasteiger partial charge in [-0.25, -0.2) is 9.19 Å². The third-order valence-corrected chi connectivity index (χ3v) is 8.52. The molecule has 1 aromatic heterocycles. The van der Waals surface area contributed by atoms with E-state index in [2.05, 4.69) is 27.6 Å². The normalized spacial score (nSPS) is 19.1. The molecule has 2 aliphatic rings. The van der Waals surface area contributed by atoms with E-state index in [1.165, 1.54) is 23.4 Å². The largest absolute Gasteiger partial charge is 0.497 e. The molecule has 7 nitrogen and oxygen atoms in total. The Balaban J connectivity index is 1.30. The Kier molecular flexibility index (Phi) is 7.72. The maximum Gasteiger partial charge on any atom is 0.259 e. The Morgan fingerprint density at radius 2 is 2.03 bits per heavy atom. The van der Waals surface area contributed by atoms with Crippen LogP contribution < -0.4 is 14.8 Å². The number of aliphatic imine (C=N–C) groups is 1. The summed E-state index contributed by atoms with van der Waals surface area (Å²) in [6, 6.07) is 16.0. The summed E-state index contributed by atoms with van der Waals surface area (Å²) in [6.45, 7) is 0. The van der Waals surface area contributed by atoms with Gasteiger partial charge < -0.3 is 10.1 Å². The minimum atomic E-state index is -2.08. The lowest BCUT2D eigenvalue weighted by atomic mass is 10.0. The summed E-state index contributed by atoms with van der Waals surface area (Å²) in [7, 11) is 1.69. The van der Waals surface area contributed by atoms with Gasteiger partial charge in [-0.3, -0.25) is 14.3 Å². The Bertz CT molecular complexity index is 1210. The average molecular weight is 529 g/mol. The molecule has 1 saturated carbocycles. The van der Waals surface area contributed by atoms with Gasteiger partial charge in [0.15, 0.2) is 5.17 Å². The Morgan fingerprint density at radius 3 is 2.77 bits per heavy atom. The van der Waals surface area contributed by atoms with Crippen LogP contribution in [0, 0.1) is 0 Å². The first-order valence-electron chi connectivity index (χ1n) is 11.6. The summed E-state index contributed by atoms with van der Waals surface area (Å²) >= 11 is 1.43. The van der Waals surface area contributed by atoms with Gasteiger partial charge in [0, 0.05) is 22.7 Å². The number of benzene rings is 2. The van der Waals surface area contributed by atoms with Crippen molar-refractivity contribution in [3.05, 3.63) is 75.7 Å². The van der Waals surface area contributed by atoms with Gasteiger partial charge in [-0.15, -0.1) is 11.3 Å².